The largest absolute Gasteiger partial charge is 0.434 e. The van der Waals surface area contributed by atoms with E-state index in [1.807, 2.05) is 6.92 Å². The number of benzene rings is 1. The number of thiazole rings is 1. The van der Waals surface area contributed by atoms with Gasteiger partial charge in [-0.2, -0.15) is 13.2 Å². The normalized spacial score (nSPS) is 19.9. The molecule has 3 rings (SSSR count). The molecule has 1 heterocycles. The number of alkyl halides is 3. The molecule has 2 aromatic rings. The minimum absolute atomic E-state index is 0.0263. The molecule has 1 aromatic carbocycles. The maximum atomic E-state index is 13.9. The van der Waals surface area contributed by atoms with E-state index in [1.54, 1.807) is 0 Å². The first-order chi connectivity index (χ1) is 12.8. The number of aromatic nitrogens is 1. The lowest BCUT2D eigenvalue weighted by Gasteiger charge is -2.11. The van der Waals surface area contributed by atoms with E-state index in [0.717, 1.165) is 16.7 Å². The van der Waals surface area contributed by atoms with Crippen LogP contribution in [-0.4, -0.2) is 23.5 Å². The van der Waals surface area contributed by atoms with Gasteiger partial charge in [0.15, 0.2) is 11.7 Å². The molecule has 0 radical (unpaired) electrons. The highest BCUT2D eigenvalue weighted by atomic mass is 32.1. The Morgan fingerprint density at radius 3 is 2.59 bits per heavy atom. The quantitative estimate of drug-likeness (QED) is 0.449. The Hall–Kier alpha value is -2.23. The lowest BCUT2D eigenvalue weighted by Crippen LogP contribution is -2.39. The van der Waals surface area contributed by atoms with Crippen LogP contribution in [0.2, 0.25) is 0 Å². The van der Waals surface area contributed by atoms with E-state index in [0.29, 0.717) is 18.9 Å². The number of halogens is 5. The number of nitrogens with zero attached hydrogens (tertiary/aromatic N) is 2. The van der Waals surface area contributed by atoms with Gasteiger partial charge in [-0.1, -0.05) is 6.07 Å². The Morgan fingerprint density at radius 2 is 2.00 bits per heavy atom. The third kappa shape index (κ3) is 4.74. The smallest absolute Gasteiger partial charge is 0.357 e. The molecule has 1 saturated carbocycles. The van der Waals surface area contributed by atoms with E-state index in [-0.39, 0.29) is 29.1 Å². The number of hydrogen-bond donors (Lipinski definition) is 2. The van der Waals surface area contributed by atoms with Crippen molar-refractivity contribution in [2.24, 2.45) is 4.99 Å². The molecule has 0 spiro atoms. The molecule has 0 amide bonds. The number of nitrogens with one attached hydrogen (secondary N) is 2. The standard InChI is InChI=1S/C17H17F5N4S/c1-2-23-16(24-7-14-26-13(8-27-14)17(20,21)22)25-12-6-9(12)15-10(18)4-3-5-11(15)19/h3-5,8-9,12H,2,6-7H2,1H3,(H2,23,24,25). The van der Waals surface area contributed by atoms with Crippen molar-refractivity contribution in [3.63, 3.8) is 0 Å². The topological polar surface area (TPSA) is 49.3 Å². The van der Waals surface area contributed by atoms with Gasteiger partial charge in [-0.15, -0.1) is 11.3 Å². The Labute approximate surface area is 156 Å². The fourth-order valence-corrected chi connectivity index (χ4v) is 3.42. The maximum absolute atomic E-state index is 13.9. The highest BCUT2D eigenvalue weighted by Crippen LogP contribution is 2.43. The van der Waals surface area contributed by atoms with Crippen molar-refractivity contribution in [3.8, 4) is 0 Å². The lowest BCUT2D eigenvalue weighted by atomic mass is 10.1. The molecule has 2 unspecified atom stereocenters. The minimum Gasteiger partial charge on any atom is -0.357 e. The summed E-state index contributed by atoms with van der Waals surface area (Å²) < 4.78 is 65.5. The molecule has 2 atom stereocenters. The van der Waals surface area contributed by atoms with Gasteiger partial charge < -0.3 is 10.6 Å². The summed E-state index contributed by atoms with van der Waals surface area (Å²) in [4.78, 5) is 7.75. The van der Waals surface area contributed by atoms with Gasteiger partial charge in [-0.3, -0.25) is 0 Å². The van der Waals surface area contributed by atoms with Gasteiger partial charge in [0.05, 0.1) is 6.54 Å². The van der Waals surface area contributed by atoms with Gasteiger partial charge in [0.2, 0.25) is 0 Å². The van der Waals surface area contributed by atoms with E-state index in [1.165, 1.54) is 18.2 Å². The zero-order chi connectivity index (χ0) is 19.6. The highest BCUT2D eigenvalue weighted by molar-refractivity contribution is 7.09. The molecule has 27 heavy (non-hydrogen) atoms. The van der Waals surface area contributed by atoms with Crippen molar-refractivity contribution in [1.82, 2.24) is 15.6 Å². The fourth-order valence-electron chi connectivity index (χ4n) is 2.69. The van der Waals surface area contributed by atoms with Crippen LogP contribution >= 0.6 is 11.3 Å². The number of rotatable bonds is 5. The summed E-state index contributed by atoms with van der Waals surface area (Å²) in [6.45, 7) is 2.34. The van der Waals surface area contributed by atoms with Crippen molar-refractivity contribution in [1.29, 1.82) is 0 Å². The van der Waals surface area contributed by atoms with Gasteiger partial charge in [0, 0.05) is 29.4 Å². The van der Waals surface area contributed by atoms with Crippen LogP contribution in [0.25, 0.3) is 0 Å². The van der Waals surface area contributed by atoms with E-state index < -0.39 is 23.5 Å². The Morgan fingerprint density at radius 1 is 1.30 bits per heavy atom. The maximum Gasteiger partial charge on any atom is 0.434 e. The average molecular weight is 404 g/mol. The van der Waals surface area contributed by atoms with Crippen LogP contribution < -0.4 is 10.6 Å². The molecule has 1 aliphatic rings. The van der Waals surface area contributed by atoms with Crippen molar-refractivity contribution < 1.29 is 22.0 Å². The van der Waals surface area contributed by atoms with Crippen LogP contribution in [0, 0.1) is 11.6 Å². The molecule has 0 aliphatic heterocycles. The highest BCUT2D eigenvalue weighted by Gasteiger charge is 2.42. The summed E-state index contributed by atoms with van der Waals surface area (Å²) in [5.74, 6) is -1.13. The van der Waals surface area contributed by atoms with Crippen LogP contribution in [0.5, 0.6) is 0 Å². The van der Waals surface area contributed by atoms with Crippen LogP contribution in [-0.2, 0) is 12.7 Å². The van der Waals surface area contributed by atoms with Crippen molar-refractivity contribution in [2.45, 2.75) is 38.0 Å². The zero-order valence-corrected chi connectivity index (χ0v) is 15.1. The van der Waals surface area contributed by atoms with Crippen LogP contribution in [0.4, 0.5) is 22.0 Å². The van der Waals surface area contributed by atoms with E-state index in [9.17, 15) is 22.0 Å². The molecule has 2 N–H and O–H groups in total. The molecule has 10 heteroatoms. The van der Waals surface area contributed by atoms with E-state index in [2.05, 4.69) is 20.6 Å². The zero-order valence-electron chi connectivity index (χ0n) is 14.3. The number of guanidine groups is 1. The molecule has 1 aromatic heterocycles. The predicted molar refractivity (Wildman–Crippen MR) is 92.6 cm³/mol. The molecule has 1 fully saturated rings. The molecule has 4 nitrogen and oxygen atoms in total. The minimum atomic E-state index is -4.48. The average Bonchev–Trinajstić information content (AvgIpc) is 3.14. The number of hydrogen-bond acceptors (Lipinski definition) is 3. The first-order valence-electron chi connectivity index (χ1n) is 8.30. The van der Waals surface area contributed by atoms with Crippen molar-refractivity contribution in [2.75, 3.05) is 6.54 Å². The third-order valence-electron chi connectivity index (χ3n) is 4.04. The van der Waals surface area contributed by atoms with Gasteiger partial charge >= 0.3 is 6.18 Å². The lowest BCUT2D eigenvalue weighted by molar-refractivity contribution is -0.140. The molecule has 0 saturated heterocycles. The van der Waals surface area contributed by atoms with Gasteiger partial charge in [0.25, 0.3) is 0 Å². The summed E-state index contributed by atoms with van der Waals surface area (Å²) >= 11 is 0.879. The van der Waals surface area contributed by atoms with E-state index >= 15 is 0 Å². The molecule has 1 aliphatic carbocycles. The van der Waals surface area contributed by atoms with Crippen molar-refractivity contribution >= 4 is 17.3 Å². The second-order valence-electron chi connectivity index (χ2n) is 6.05. The monoisotopic (exact) mass is 404 g/mol. The molecular weight excluding hydrogens is 387 g/mol. The summed E-state index contributed by atoms with van der Waals surface area (Å²) in [6, 6.07) is 3.55. The molecule has 146 valence electrons. The Kier molecular flexibility index (Phi) is 5.64. The second-order valence-corrected chi connectivity index (χ2v) is 6.99. The fraction of sp³-hybridized carbons (Fsp3) is 0.412. The SMILES string of the molecule is CCNC(=NCc1nc(C(F)(F)F)cs1)NC1CC1c1c(F)cccc1F. The van der Waals surface area contributed by atoms with E-state index in [4.69, 9.17) is 0 Å². The Balaban J connectivity index is 1.65. The Bertz CT molecular complexity index is 813. The summed E-state index contributed by atoms with van der Waals surface area (Å²) in [7, 11) is 0. The molecular formula is C17H17F5N4S. The third-order valence-corrected chi connectivity index (χ3v) is 4.88. The van der Waals surface area contributed by atoms with Crippen molar-refractivity contribution in [3.05, 3.63) is 51.5 Å². The van der Waals surface area contributed by atoms with Gasteiger partial charge in [-0.05, 0) is 25.5 Å². The van der Waals surface area contributed by atoms with Crippen LogP contribution in [0.3, 0.4) is 0 Å². The van der Waals surface area contributed by atoms with Gasteiger partial charge in [0.1, 0.15) is 16.6 Å². The summed E-state index contributed by atoms with van der Waals surface area (Å²) in [5, 5.41) is 7.21. The summed E-state index contributed by atoms with van der Waals surface area (Å²) in [6.07, 6.45) is -3.94. The van der Waals surface area contributed by atoms with Gasteiger partial charge in [-0.25, -0.2) is 18.8 Å². The number of aliphatic imine (C=N–C) groups is 1. The van der Waals surface area contributed by atoms with Crippen LogP contribution in [0.15, 0.2) is 28.6 Å². The molecule has 0 bridgehead atoms. The first kappa shape index (κ1) is 19.5. The summed E-state index contributed by atoms with van der Waals surface area (Å²) in [5.41, 5.74) is -0.895. The second kappa shape index (κ2) is 7.79. The predicted octanol–water partition coefficient (Wildman–Crippen LogP) is 4.05. The first-order valence-corrected chi connectivity index (χ1v) is 9.18. The van der Waals surface area contributed by atoms with Crippen LogP contribution in [0.1, 0.15) is 35.5 Å².